The van der Waals surface area contributed by atoms with Crippen LogP contribution in [-0.4, -0.2) is 41.5 Å². The summed E-state index contributed by atoms with van der Waals surface area (Å²) in [5.41, 5.74) is 0.685. The van der Waals surface area contributed by atoms with Crippen LogP contribution in [0.3, 0.4) is 0 Å². The van der Waals surface area contributed by atoms with E-state index in [-0.39, 0.29) is 5.91 Å². The van der Waals surface area contributed by atoms with Crippen LogP contribution in [0.1, 0.15) is 41.9 Å². The fourth-order valence-electron chi connectivity index (χ4n) is 3.27. The first-order valence-electron chi connectivity index (χ1n) is 7.18. The molecule has 1 N–H and O–H groups in total. The van der Waals surface area contributed by atoms with Crippen LogP contribution < -0.4 is 5.32 Å². The van der Waals surface area contributed by atoms with Crippen LogP contribution in [0, 0.1) is 12.8 Å². The van der Waals surface area contributed by atoms with Crippen molar-refractivity contribution in [2.75, 3.05) is 19.6 Å². The molecule has 19 heavy (non-hydrogen) atoms. The molecule has 2 saturated heterocycles. The fraction of sp³-hybridized carbons (Fsp3) is 0.714. The topological polar surface area (TPSA) is 58.4 Å². The summed E-state index contributed by atoms with van der Waals surface area (Å²) in [5.74, 6) is 1.12. The monoisotopic (exact) mass is 263 g/mol. The number of nitrogens with zero attached hydrogens (tertiary/aromatic N) is 2. The van der Waals surface area contributed by atoms with E-state index in [4.69, 9.17) is 4.42 Å². The number of hydrogen-bond donors (Lipinski definition) is 1. The van der Waals surface area contributed by atoms with Gasteiger partial charge in [0.2, 0.25) is 5.76 Å². The van der Waals surface area contributed by atoms with E-state index in [1.54, 1.807) is 0 Å². The van der Waals surface area contributed by atoms with Crippen LogP contribution in [0.15, 0.2) is 10.8 Å². The lowest BCUT2D eigenvalue weighted by atomic mass is 9.88. The van der Waals surface area contributed by atoms with E-state index >= 15 is 0 Å². The molecule has 104 valence electrons. The minimum atomic E-state index is -0.00664. The van der Waals surface area contributed by atoms with Crippen molar-refractivity contribution in [2.45, 2.75) is 38.6 Å². The summed E-state index contributed by atoms with van der Waals surface area (Å²) in [6.45, 7) is 4.64. The number of oxazole rings is 1. The van der Waals surface area contributed by atoms with E-state index in [9.17, 15) is 4.79 Å². The number of nitrogens with one attached hydrogen (secondary N) is 1. The maximum atomic E-state index is 12.3. The molecule has 2 aliphatic rings. The molecule has 1 amide bonds. The van der Waals surface area contributed by atoms with E-state index in [2.05, 4.69) is 10.3 Å². The van der Waals surface area contributed by atoms with E-state index in [0.29, 0.717) is 17.5 Å². The molecule has 0 aliphatic carbocycles. The minimum Gasteiger partial charge on any atom is -0.438 e. The molecule has 0 radical (unpaired) electrons. The predicted octanol–water partition coefficient (Wildman–Crippen LogP) is 1.59. The molecule has 1 atom stereocenters. The zero-order valence-electron chi connectivity index (χ0n) is 11.4. The van der Waals surface area contributed by atoms with Gasteiger partial charge in [-0.3, -0.25) is 4.79 Å². The van der Waals surface area contributed by atoms with Gasteiger partial charge in [0.05, 0.1) is 5.69 Å². The van der Waals surface area contributed by atoms with Gasteiger partial charge >= 0.3 is 0 Å². The summed E-state index contributed by atoms with van der Waals surface area (Å²) in [5, 5.41) is 3.58. The average Bonchev–Trinajstić information content (AvgIpc) is 3.09. The third-order valence-corrected chi connectivity index (χ3v) is 4.43. The van der Waals surface area contributed by atoms with Gasteiger partial charge in [-0.15, -0.1) is 0 Å². The number of carbonyl (C=O) groups excluding carboxylic acids is 1. The average molecular weight is 263 g/mol. The SMILES string of the molecule is Cc1ncoc1C(=O)N1CCC(C2CCCN2)CC1. The van der Waals surface area contributed by atoms with Crippen LogP contribution in [0.4, 0.5) is 0 Å². The van der Waals surface area contributed by atoms with Gasteiger partial charge < -0.3 is 14.6 Å². The van der Waals surface area contributed by atoms with E-state index in [1.165, 1.54) is 19.2 Å². The van der Waals surface area contributed by atoms with Gasteiger partial charge in [0.15, 0.2) is 6.39 Å². The third kappa shape index (κ3) is 2.52. The Morgan fingerprint density at radius 3 is 2.79 bits per heavy atom. The lowest BCUT2D eigenvalue weighted by Gasteiger charge is -2.34. The van der Waals surface area contributed by atoms with Crippen molar-refractivity contribution in [3.8, 4) is 0 Å². The number of piperidine rings is 1. The second kappa shape index (κ2) is 5.33. The number of aryl methyl sites for hydroxylation is 1. The number of aromatic nitrogens is 1. The Labute approximate surface area is 113 Å². The maximum absolute atomic E-state index is 12.3. The molecule has 0 saturated carbocycles. The highest BCUT2D eigenvalue weighted by atomic mass is 16.3. The van der Waals surface area contributed by atoms with Crippen molar-refractivity contribution in [1.82, 2.24) is 15.2 Å². The van der Waals surface area contributed by atoms with Gasteiger partial charge in [-0.2, -0.15) is 0 Å². The first-order valence-corrected chi connectivity index (χ1v) is 7.18. The van der Waals surface area contributed by atoms with Crippen molar-refractivity contribution in [3.05, 3.63) is 17.8 Å². The standard InChI is InChI=1S/C14H21N3O2/c1-10-13(19-9-16-10)14(18)17-7-4-11(5-8-17)12-3-2-6-15-12/h9,11-12,15H,2-8H2,1H3. The molecule has 3 heterocycles. The highest BCUT2D eigenvalue weighted by Gasteiger charge is 2.31. The van der Waals surface area contributed by atoms with Crippen LogP contribution in [0.2, 0.25) is 0 Å². The summed E-state index contributed by atoms with van der Waals surface area (Å²) in [6, 6.07) is 0.671. The molecule has 2 fully saturated rings. The molecule has 5 nitrogen and oxygen atoms in total. The molecule has 0 aromatic carbocycles. The summed E-state index contributed by atoms with van der Waals surface area (Å²) >= 11 is 0. The number of amides is 1. The molecular formula is C14H21N3O2. The van der Waals surface area contributed by atoms with Crippen molar-refractivity contribution in [2.24, 2.45) is 5.92 Å². The Balaban J connectivity index is 1.58. The molecule has 0 bridgehead atoms. The molecule has 1 unspecified atom stereocenters. The number of likely N-dealkylation sites (tertiary alicyclic amines) is 1. The van der Waals surface area contributed by atoms with E-state index in [0.717, 1.165) is 38.4 Å². The highest BCUT2D eigenvalue weighted by Crippen LogP contribution is 2.26. The lowest BCUT2D eigenvalue weighted by Crippen LogP contribution is -2.43. The van der Waals surface area contributed by atoms with Gasteiger partial charge in [-0.25, -0.2) is 4.98 Å². The zero-order valence-corrected chi connectivity index (χ0v) is 11.4. The molecule has 1 aromatic rings. The highest BCUT2D eigenvalue weighted by molar-refractivity contribution is 5.92. The number of rotatable bonds is 2. The largest absolute Gasteiger partial charge is 0.438 e. The second-order valence-electron chi connectivity index (χ2n) is 5.60. The summed E-state index contributed by atoms with van der Waals surface area (Å²) in [7, 11) is 0. The van der Waals surface area contributed by atoms with Gasteiger partial charge in [0.25, 0.3) is 5.91 Å². The first kappa shape index (κ1) is 12.7. The van der Waals surface area contributed by atoms with Crippen molar-refractivity contribution in [1.29, 1.82) is 0 Å². The Bertz CT molecular complexity index is 443. The fourth-order valence-corrected chi connectivity index (χ4v) is 3.27. The zero-order chi connectivity index (χ0) is 13.2. The number of carbonyl (C=O) groups is 1. The van der Waals surface area contributed by atoms with E-state index in [1.807, 2.05) is 11.8 Å². The van der Waals surface area contributed by atoms with Gasteiger partial charge in [0, 0.05) is 19.1 Å². The Morgan fingerprint density at radius 1 is 1.42 bits per heavy atom. The van der Waals surface area contributed by atoms with E-state index < -0.39 is 0 Å². The second-order valence-corrected chi connectivity index (χ2v) is 5.60. The molecule has 0 spiro atoms. The molecule has 5 heteroatoms. The molecular weight excluding hydrogens is 242 g/mol. The smallest absolute Gasteiger partial charge is 0.291 e. The predicted molar refractivity (Wildman–Crippen MR) is 70.9 cm³/mol. The number of hydrogen-bond acceptors (Lipinski definition) is 4. The Morgan fingerprint density at radius 2 is 2.21 bits per heavy atom. The van der Waals surface area contributed by atoms with Crippen LogP contribution >= 0.6 is 0 Å². The van der Waals surface area contributed by atoms with Crippen LogP contribution in [0.25, 0.3) is 0 Å². The summed E-state index contributed by atoms with van der Waals surface area (Å²) in [6.07, 6.45) is 6.12. The van der Waals surface area contributed by atoms with Crippen molar-refractivity contribution < 1.29 is 9.21 Å². The summed E-state index contributed by atoms with van der Waals surface area (Å²) in [4.78, 5) is 18.2. The van der Waals surface area contributed by atoms with Crippen molar-refractivity contribution in [3.63, 3.8) is 0 Å². The minimum absolute atomic E-state index is 0.00664. The third-order valence-electron chi connectivity index (χ3n) is 4.43. The quantitative estimate of drug-likeness (QED) is 0.880. The molecule has 3 rings (SSSR count). The molecule has 2 aliphatic heterocycles. The first-order chi connectivity index (χ1) is 9.25. The normalized spacial score (nSPS) is 24.9. The Hall–Kier alpha value is -1.36. The molecule has 1 aromatic heterocycles. The van der Waals surface area contributed by atoms with Crippen molar-refractivity contribution >= 4 is 5.91 Å². The summed E-state index contributed by atoms with van der Waals surface area (Å²) < 4.78 is 5.19. The van der Waals surface area contributed by atoms with Crippen LogP contribution in [-0.2, 0) is 0 Å². The Kier molecular flexibility index (Phi) is 3.55. The van der Waals surface area contributed by atoms with Crippen LogP contribution in [0.5, 0.6) is 0 Å². The maximum Gasteiger partial charge on any atom is 0.291 e. The lowest BCUT2D eigenvalue weighted by molar-refractivity contribution is 0.0641. The van der Waals surface area contributed by atoms with Gasteiger partial charge in [-0.1, -0.05) is 0 Å². The van der Waals surface area contributed by atoms with Gasteiger partial charge in [0.1, 0.15) is 0 Å². The van der Waals surface area contributed by atoms with Gasteiger partial charge in [-0.05, 0) is 45.1 Å².